The second-order valence-electron chi connectivity index (χ2n) is 8.22. The van der Waals surface area contributed by atoms with Crippen molar-refractivity contribution < 1.29 is 22.7 Å². The Balaban J connectivity index is 1.58. The molecular weight excluding hydrogens is 421 g/mol. The summed E-state index contributed by atoms with van der Waals surface area (Å²) in [4.78, 5) is 16.9. The van der Waals surface area contributed by atoms with Gasteiger partial charge in [-0.05, 0) is 61.6 Å². The summed E-state index contributed by atoms with van der Waals surface area (Å²) in [7, 11) is 0. The van der Waals surface area contributed by atoms with Crippen molar-refractivity contribution in [3.8, 4) is 0 Å². The predicted octanol–water partition coefficient (Wildman–Crippen LogP) is 4.56. The number of halogens is 3. The average Bonchev–Trinajstić information content (AvgIpc) is 3.52. The molecule has 0 saturated heterocycles. The summed E-state index contributed by atoms with van der Waals surface area (Å²) in [5.74, 6) is -0.133. The zero-order valence-corrected chi connectivity index (χ0v) is 17.3. The normalized spacial score (nSPS) is 19.1. The Bertz CT molecular complexity index is 1180. The van der Waals surface area contributed by atoms with Gasteiger partial charge in [0.1, 0.15) is 0 Å². The fourth-order valence-electron chi connectivity index (χ4n) is 4.43. The molecule has 1 saturated carbocycles. The standard InChI is InChI=1S/C23H21F3N4O2/c1-2-27-22(31)13-5-6-16-15(9-13)19-14(10-28-16)11-32-21(19)20(12-3-4-12)17-7-8-18(30-29-17)23(24,25)26/h5-10,12,20-21H,2-4,11H2,1H3,(H,27,31)/t20-,21?/m1/s1. The summed E-state index contributed by atoms with van der Waals surface area (Å²) in [6.07, 6.45) is -1.25. The van der Waals surface area contributed by atoms with Crippen molar-refractivity contribution in [3.05, 3.63) is 64.6 Å². The molecule has 1 aliphatic carbocycles. The zero-order chi connectivity index (χ0) is 22.5. The average molecular weight is 442 g/mol. The lowest BCUT2D eigenvalue weighted by Crippen LogP contribution is -2.22. The molecule has 0 radical (unpaired) electrons. The highest BCUT2D eigenvalue weighted by atomic mass is 19.4. The van der Waals surface area contributed by atoms with Crippen molar-refractivity contribution >= 4 is 16.8 Å². The van der Waals surface area contributed by atoms with E-state index in [-0.39, 0.29) is 17.7 Å². The van der Waals surface area contributed by atoms with Crippen LogP contribution in [0.4, 0.5) is 13.2 Å². The Kier molecular flexibility index (Phi) is 5.08. The molecule has 32 heavy (non-hydrogen) atoms. The number of fused-ring (bicyclic) bond motifs is 3. The molecule has 9 heteroatoms. The van der Waals surface area contributed by atoms with Crippen LogP contribution in [0.15, 0.2) is 36.5 Å². The van der Waals surface area contributed by atoms with E-state index in [1.807, 2.05) is 13.0 Å². The van der Waals surface area contributed by atoms with E-state index in [1.165, 1.54) is 6.07 Å². The lowest BCUT2D eigenvalue weighted by Gasteiger charge is -2.24. The molecule has 5 rings (SSSR count). The highest BCUT2D eigenvalue weighted by molar-refractivity contribution is 5.98. The number of ether oxygens (including phenoxy) is 1. The molecule has 3 aromatic rings. The van der Waals surface area contributed by atoms with Gasteiger partial charge in [-0.15, -0.1) is 5.10 Å². The Hall–Kier alpha value is -3.07. The lowest BCUT2D eigenvalue weighted by molar-refractivity contribution is -0.141. The second-order valence-corrected chi connectivity index (χ2v) is 8.22. The number of nitrogens with one attached hydrogen (secondary N) is 1. The van der Waals surface area contributed by atoms with Crippen molar-refractivity contribution in [1.29, 1.82) is 0 Å². The maximum Gasteiger partial charge on any atom is 0.435 e. The van der Waals surface area contributed by atoms with Crippen LogP contribution in [0.2, 0.25) is 0 Å². The van der Waals surface area contributed by atoms with E-state index in [4.69, 9.17) is 4.74 Å². The van der Waals surface area contributed by atoms with E-state index in [9.17, 15) is 18.0 Å². The van der Waals surface area contributed by atoms with Crippen molar-refractivity contribution in [2.75, 3.05) is 6.54 Å². The minimum Gasteiger partial charge on any atom is -0.368 e. The van der Waals surface area contributed by atoms with Gasteiger partial charge in [-0.25, -0.2) is 0 Å². The summed E-state index contributed by atoms with van der Waals surface area (Å²) in [5.41, 5.74) is 2.59. The van der Waals surface area contributed by atoms with E-state index in [0.29, 0.717) is 24.4 Å². The third kappa shape index (κ3) is 3.70. The quantitative estimate of drug-likeness (QED) is 0.627. The van der Waals surface area contributed by atoms with Gasteiger partial charge in [0, 0.05) is 35.2 Å². The van der Waals surface area contributed by atoms with Crippen LogP contribution in [0, 0.1) is 5.92 Å². The zero-order valence-electron chi connectivity index (χ0n) is 17.3. The molecule has 1 aliphatic heterocycles. The van der Waals surface area contributed by atoms with Crippen molar-refractivity contribution in [1.82, 2.24) is 20.5 Å². The van der Waals surface area contributed by atoms with Crippen LogP contribution in [0.3, 0.4) is 0 Å². The fraction of sp³-hybridized carbons (Fsp3) is 0.391. The smallest absolute Gasteiger partial charge is 0.368 e. The van der Waals surface area contributed by atoms with Crippen molar-refractivity contribution in [2.45, 2.75) is 44.6 Å². The SMILES string of the molecule is CCNC(=O)c1ccc2ncc3c(c2c1)C([C@@H](c1ccc(C(F)(F)F)nn1)C1CC1)OC3. The number of hydrogen-bond donors (Lipinski definition) is 1. The van der Waals surface area contributed by atoms with Gasteiger partial charge in [0.15, 0.2) is 5.69 Å². The van der Waals surface area contributed by atoms with Gasteiger partial charge in [0.25, 0.3) is 5.91 Å². The van der Waals surface area contributed by atoms with Crippen LogP contribution in [0.1, 0.15) is 64.7 Å². The molecule has 1 unspecified atom stereocenters. The minimum atomic E-state index is -4.53. The molecule has 3 heterocycles. The highest BCUT2D eigenvalue weighted by Gasteiger charge is 2.44. The van der Waals surface area contributed by atoms with Gasteiger partial charge in [0.2, 0.25) is 0 Å². The molecule has 2 aliphatic rings. The maximum atomic E-state index is 13.0. The van der Waals surface area contributed by atoms with Crippen LogP contribution < -0.4 is 5.32 Å². The monoisotopic (exact) mass is 442 g/mol. The molecule has 2 aromatic heterocycles. The van der Waals surface area contributed by atoms with Crippen LogP contribution in [0.5, 0.6) is 0 Å². The van der Waals surface area contributed by atoms with Crippen LogP contribution >= 0.6 is 0 Å². The van der Waals surface area contributed by atoms with Crippen molar-refractivity contribution in [3.63, 3.8) is 0 Å². The van der Waals surface area contributed by atoms with Gasteiger partial charge in [-0.3, -0.25) is 9.78 Å². The third-order valence-corrected chi connectivity index (χ3v) is 6.07. The minimum absolute atomic E-state index is 0.171. The Labute approximate surface area is 182 Å². The first-order valence-electron chi connectivity index (χ1n) is 10.6. The highest BCUT2D eigenvalue weighted by Crippen LogP contribution is 2.53. The van der Waals surface area contributed by atoms with Gasteiger partial charge in [-0.2, -0.15) is 18.3 Å². The van der Waals surface area contributed by atoms with Gasteiger partial charge < -0.3 is 10.1 Å². The number of nitrogens with zero attached hydrogens (tertiary/aromatic N) is 3. The molecule has 1 amide bonds. The maximum absolute atomic E-state index is 13.0. The summed E-state index contributed by atoms with van der Waals surface area (Å²) in [6.45, 7) is 2.73. The molecule has 166 valence electrons. The van der Waals surface area contributed by atoms with Gasteiger partial charge in [-0.1, -0.05) is 0 Å². The topological polar surface area (TPSA) is 77.0 Å². The Morgan fingerprint density at radius 1 is 1.22 bits per heavy atom. The summed E-state index contributed by atoms with van der Waals surface area (Å²) >= 11 is 0. The Morgan fingerprint density at radius 3 is 2.69 bits per heavy atom. The molecular formula is C23H21F3N4O2. The van der Waals surface area contributed by atoms with E-state index in [0.717, 1.165) is 40.9 Å². The van der Waals surface area contributed by atoms with E-state index in [2.05, 4.69) is 20.5 Å². The molecule has 0 bridgehead atoms. The second kappa shape index (κ2) is 7.81. The number of pyridine rings is 1. The van der Waals surface area contributed by atoms with E-state index < -0.39 is 18.0 Å². The third-order valence-electron chi connectivity index (χ3n) is 6.07. The molecule has 2 atom stereocenters. The number of aromatic nitrogens is 3. The number of amides is 1. The number of hydrogen-bond acceptors (Lipinski definition) is 5. The fourth-order valence-corrected chi connectivity index (χ4v) is 4.43. The largest absolute Gasteiger partial charge is 0.435 e. The first-order chi connectivity index (χ1) is 15.4. The summed E-state index contributed by atoms with van der Waals surface area (Å²) in [6, 6.07) is 7.74. The number of carbonyl (C=O) groups is 1. The number of carbonyl (C=O) groups excluding carboxylic acids is 1. The summed E-state index contributed by atoms with van der Waals surface area (Å²) < 4.78 is 45.0. The number of alkyl halides is 3. The Morgan fingerprint density at radius 2 is 2.03 bits per heavy atom. The number of rotatable bonds is 5. The van der Waals surface area contributed by atoms with Crippen LogP contribution in [-0.4, -0.2) is 27.6 Å². The van der Waals surface area contributed by atoms with Crippen molar-refractivity contribution in [2.24, 2.45) is 5.92 Å². The van der Waals surface area contributed by atoms with Crippen LogP contribution in [0.25, 0.3) is 10.9 Å². The molecule has 1 N–H and O–H groups in total. The molecule has 1 fully saturated rings. The first kappa shape index (κ1) is 20.8. The first-order valence-corrected chi connectivity index (χ1v) is 10.6. The van der Waals surface area contributed by atoms with Gasteiger partial charge >= 0.3 is 6.18 Å². The van der Waals surface area contributed by atoms with Crippen LogP contribution in [-0.2, 0) is 17.5 Å². The predicted molar refractivity (Wildman–Crippen MR) is 110 cm³/mol. The molecule has 6 nitrogen and oxygen atoms in total. The molecule has 1 aromatic carbocycles. The number of benzene rings is 1. The lowest BCUT2D eigenvalue weighted by atomic mass is 9.86. The van der Waals surface area contributed by atoms with E-state index >= 15 is 0 Å². The van der Waals surface area contributed by atoms with Gasteiger partial charge in [0.05, 0.1) is 23.9 Å². The molecule has 0 spiro atoms. The summed E-state index contributed by atoms with van der Waals surface area (Å²) in [5, 5.41) is 11.0. The van der Waals surface area contributed by atoms with E-state index in [1.54, 1.807) is 18.3 Å².